The van der Waals surface area contributed by atoms with Gasteiger partial charge in [0.15, 0.2) is 5.82 Å². The molecule has 0 atom stereocenters. The number of pyridine rings is 2. The Balaban J connectivity index is 1.93. The number of ether oxygens (including phenoxy) is 1. The van der Waals surface area contributed by atoms with Crippen LogP contribution in [0.25, 0.3) is 28.0 Å². The Hall–Kier alpha value is -4.02. The fourth-order valence-corrected chi connectivity index (χ4v) is 2.97. The molecular weight excluding hydrogens is 408 g/mol. The van der Waals surface area contributed by atoms with Gasteiger partial charge in [0.2, 0.25) is 17.6 Å². The molecule has 9 nitrogen and oxygen atoms in total. The maximum absolute atomic E-state index is 13.8. The monoisotopic (exact) mass is 425 g/mol. The molecule has 11 heteroatoms. The molecule has 0 spiro atoms. The van der Waals surface area contributed by atoms with E-state index >= 15 is 0 Å². The van der Waals surface area contributed by atoms with Crippen molar-refractivity contribution in [2.75, 3.05) is 12.4 Å². The molecule has 1 N–H and O–H groups in total. The second-order valence-corrected chi connectivity index (χ2v) is 6.74. The number of alkyl halides is 2. The third-order valence-electron chi connectivity index (χ3n) is 4.34. The van der Waals surface area contributed by atoms with Gasteiger partial charge in [-0.1, -0.05) is 0 Å². The Kier molecular flexibility index (Phi) is 5.01. The summed E-state index contributed by atoms with van der Waals surface area (Å²) in [6, 6.07) is 6.51. The molecule has 0 fully saturated rings. The van der Waals surface area contributed by atoms with Crippen molar-refractivity contribution < 1.29 is 18.3 Å². The van der Waals surface area contributed by atoms with Gasteiger partial charge in [0.25, 0.3) is 0 Å². The predicted octanol–water partition coefficient (Wildman–Crippen LogP) is 3.35. The molecule has 1 amide bonds. The van der Waals surface area contributed by atoms with E-state index in [1.807, 2.05) is 0 Å². The van der Waals surface area contributed by atoms with E-state index in [2.05, 4.69) is 30.4 Å². The van der Waals surface area contributed by atoms with Crippen molar-refractivity contribution >= 4 is 22.6 Å². The molecule has 0 aliphatic heterocycles. The number of nitrogens with zero attached hydrogens (tertiary/aromatic N) is 6. The normalized spacial score (nSPS) is 11.5. The first-order valence-electron chi connectivity index (χ1n) is 9.15. The van der Waals surface area contributed by atoms with E-state index in [-0.39, 0.29) is 17.5 Å². The van der Waals surface area contributed by atoms with Gasteiger partial charge in [-0.25, -0.2) is 24.6 Å². The SMILES string of the molecule is COc1ccc(-c2nn(-c3ccnc(C(C)(F)F)n3)c3cc(NC(C)=O)ncc23)cn1. The van der Waals surface area contributed by atoms with E-state index < -0.39 is 11.7 Å². The Morgan fingerprint density at radius 1 is 1.16 bits per heavy atom. The van der Waals surface area contributed by atoms with Crippen molar-refractivity contribution in [3.8, 4) is 23.0 Å². The fraction of sp³-hybridized carbons (Fsp3) is 0.200. The van der Waals surface area contributed by atoms with Crippen LogP contribution in [-0.4, -0.2) is 42.7 Å². The van der Waals surface area contributed by atoms with Crippen molar-refractivity contribution in [1.29, 1.82) is 0 Å². The Bertz CT molecular complexity index is 1270. The van der Waals surface area contributed by atoms with Gasteiger partial charge in [-0.2, -0.15) is 13.9 Å². The fourth-order valence-electron chi connectivity index (χ4n) is 2.97. The summed E-state index contributed by atoms with van der Waals surface area (Å²) in [5, 5.41) is 7.79. The second-order valence-electron chi connectivity index (χ2n) is 6.74. The van der Waals surface area contributed by atoms with Gasteiger partial charge < -0.3 is 10.1 Å². The molecule has 4 rings (SSSR count). The first-order valence-corrected chi connectivity index (χ1v) is 9.15. The summed E-state index contributed by atoms with van der Waals surface area (Å²) in [7, 11) is 1.51. The molecule has 0 unspecified atom stereocenters. The zero-order chi connectivity index (χ0) is 22.2. The van der Waals surface area contributed by atoms with E-state index in [1.54, 1.807) is 30.6 Å². The Morgan fingerprint density at radius 3 is 2.61 bits per heavy atom. The van der Waals surface area contributed by atoms with Gasteiger partial charge in [-0.05, 0) is 6.07 Å². The van der Waals surface area contributed by atoms with Crippen LogP contribution < -0.4 is 10.1 Å². The zero-order valence-electron chi connectivity index (χ0n) is 16.8. The first kappa shape index (κ1) is 20.3. The number of aromatic nitrogens is 6. The van der Waals surface area contributed by atoms with Gasteiger partial charge in [0, 0.05) is 61.6 Å². The minimum Gasteiger partial charge on any atom is -0.481 e. The molecule has 4 aromatic rings. The number of methoxy groups -OCH3 is 1. The summed E-state index contributed by atoms with van der Waals surface area (Å²) in [5.41, 5.74) is 1.68. The van der Waals surface area contributed by atoms with Crippen molar-refractivity contribution in [2.24, 2.45) is 0 Å². The molecular formula is C20H17F2N7O2. The van der Waals surface area contributed by atoms with E-state index in [0.29, 0.717) is 28.0 Å². The lowest BCUT2D eigenvalue weighted by Crippen LogP contribution is -2.14. The number of amides is 1. The van der Waals surface area contributed by atoms with Crippen LogP contribution in [0.4, 0.5) is 14.6 Å². The van der Waals surface area contributed by atoms with Crippen molar-refractivity contribution in [1.82, 2.24) is 29.7 Å². The minimum absolute atomic E-state index is 0.143. The molecule has 0 aromatic carbocycles. The number of rotatable bonds is 5. The summed E-state index contributed by atoms with van der Waals surface area (Å²) in [4.78, 5) is 27.5. The lowest BCUT2D eigenvalue weighted by atomic mass is 10.1. The highest BCUT2D eigenvalue weighted by atomic mass is 19.3. The van der Waals surface area contributed by atoms with Crippen molar-refractivity contribution in [2.45, 2.75) is 19.8 Å². The van der Waals surface area contributed by atoms with Crippen LogP contribution in [0.1, 0.15) is 19.7 Å². The quantitative estimate of drug-likeness (QED) is 0.522. The number of halogens is 2. The average Bonchev–Trinajstić information content (AvgIpc) is 3.12. The number of hydrogen-bond acceptors (Lipinski definition) is 7. The van der Waals surface area contributed by atoms with E-state index in [4.69, 9.17) is 4.74 Å². The molecule has 0 saturated heterocycles. The molecule has 0 saturated carbocycles. The molecule has 4 aromatic heterocycles. The van der Waals surface area contributed by atoms with Crippen LogP contribution in [-0.2, 0) is 10.7 Å². The summed E-state index contributed by atoms with van der Waals surface area (Å²) in [6.45, 7) is 2.08. The maximum atomic E-state index is 13.8. The molecule has 0 radical (unpaired) electrons. The van der Waals surface area contributed by atoms with Gasteiger partial charge in [-0.15, -0.1) is 0 Å². The number of hydrogen-bond donors (Lipinski definition) is 1. The second kappa shape index (κ2) is 7.67. The largest absolute Gasteiger partial charge is 0.481 e. The molecule has 0 bridgehead atoms. The number of carbonyl (C=O) groups is 1. The standard InChI is InChI=1S/C20H17F2N7O2/c1-11(30)26-15-8-14-13(10-24-15)18(12-4-5-17(31-3)25-9-12)28-29(14)16-6-7-23-19(27-16)20(2,21)22/h4-10H,1-3H3,(H,24,26,30). The van der Waals surface area contributed by atoms with Crippen LogP contribution in [0.2, 0.25) is 0 Å². The third kappa shape index (κ3) is 4.02. The lowest BCUT2D eigenvalue weighted by molar-refractivity contribution is -0.114. The summed E-state index contributed by atoms with van der Waals surface area (Å²) < 4.78 is 34.1. The average molecular weight is 425 g/mol. The lowest BCUT2D eigenvalue weighted by Gasteiger charge is -2.10. The molecule has 0 aliphatic rings. The topological polar surface area (TPSA) is 108 Å². The molecule has 4 heterocycles. The van der Waals surface area contributed by atoms with Crippen LogP contribution in [0, 0.1) is 0 Å². The van der Waals surface area contributed by atoms with Gasteiger partial charge in [0.05, 0.1) is 12.6 Å². The smallest absolute Gasteiger partial charge is 0.303 e. The van der Waals surface area contributed by atoms with Gasteiger partial charge in [-0.3, -0.25) is 4.79 Å². The third-order valence-corrected chi connectivity index (χ3v) is 4.34. The Morgan fingerprint density at radius 2 is 1.97 bits per heavy atom. The van der Waals surface area contributed by atoms with Crippen LogP contribution in [0.3, 0.4) is 0 Å². The Labute approximate surface area is 175 Å². The van der Waals surface area contributed by atoms with Crippen molar-refractivity contribution in [3.05, 3.63) is 48.7 Å². The predicted molar refractivity (Wildman–Crippen MR) is 108 cm³/mol. The van der Waals surface area contributed by atoms with Crippen LogP contribution in [0.5, 0.6) is 5.88 Å². The summed E-state index contributed by atoms with van der Waals surface area (Å²) in [6.07, 6.45) is 4.37. The number of fused-ring (bicyclic) bond motifs is 1. The highest BCUT2D eigenvalue weighted by Crippen LogP contribution is 2.31. The number of carbonyl (C=O) groups excluding carboxylic acids is 1. The van der Waals surface area contributed by atoms with Crippen molar-refractivity contribution in [3.63, 3.8) is 0 Å². The number of anilines is 1. The highest BCUT2D eigenvalue weighted by molar-refractivity contribution is 5.96. The minimum atomic E-state index is -3.22. The maximum Gasteiger partial charge on any atom is 0.303 e. The molecule has 0 aliphatic carbocycles. The summed E-state index contributed by atoms with van der Waals surface area (Å²) in [5.74, 6) is -3.28. The van der Waals surface area contributed by atoms with Gasteiger partial charge >= 0.3 is 5.92 Å². The van der Waals surface area contributed by atoms with E-state index in [9.17, 15) is 13.6 Å². The van der Waals surface area contributed by atoms with E-state index in [1.165, 1.54) is 31.0 Å². The van der Waals surface area contributed by atoms with E-state index in [0.717, 1.165) is 6.92 Å². The zero-order valence-corrected chi connectivity index (χ0v) is 16.8. The highest BCUT2D eigenvalue weighted by Gasteiger charge is 2.29. The first-order chi connectivity index (χ1) is 14.8. The molecule has 31 heavy (non-hydrogen) atoms. The van der Waals surface area contributed by atoms with Crippen LogP contribution in [0.15, 0.2) is 42.9 Å². The van der Waals surface area contributed by atoms with Gasteiger partial charge in [0.1, 0.15) is 11.5 Å². The van der Waals surface area contributed by atoms with Crippen LogP contribution >= 0.6 is 0 Å². The molecule has 158 valence electrons. The number of nitrogens with one attached hydrogen (secondary N) is 1. The summed E-state index contributed by atoms with van der Waals surface area (Å²) >= 11 is 0.